The third-order valence-corrected chi connectivity index (χ3v) is 4.10. The lowest BCUT2D eigenvalue weighted by atomic mass is 10.1. The summed E-state index contributed by atoms with van der Waals surface area (Å²) in [4.78, 5) is 12.9. The molecule has 0 aliphatic heterocycles. The van der Waals surface area contributed by atoms with E-state index in [0.717, 1.165) is 5.56 Å². The molecule has 3 aromatic heterocycles. The van der Waals surface area contributed by atoms with Crippen LogP contribution in [0.25, 0.3) is 28.5 Å². The van der Waals surface area contributed by atoms with Crippen LogP contribution >= 0.6 is 11.6 Å². The fourth-order valence-corrected chi connectivity index (χ4v) is 2.80. The summed E-state index contributed by atoms with van der Waals surface area (Å²) in [5.41, 5.74) is 1.54. The van der Waals surface area contributed by atoms with Gasteiger partial charge in [0, 0.05) is 18.0 Å². The molecule has 134 valence electrons. The standard InChI is InChI=1S/C19H13ClFN5O/c1-27-15-5-2-4-13(21)18(15)19-22-9-8-14(24-19)12-10-23-26(11-12)17-7-3-6-16(20)25-17/h2-11H,1H3. The smallest absolute Gasteiger partial charge is 0.166 e. The Hall–Kier alpha value is -3.32. The van der Waals surface area contributed by atoms with Gasteiger partial charge in [-0.3, -0.25) is 0 Å². The fourth-order valence-electron chi connectivity index (χ4n) is 2.64. The first kappa shape index (κ1) is 17.1. The third kappa shape index (κ3) is 3.37. The van der Waals surface area contributed by atoms with Crippen molar-refractivity contribution in [3.8, 4) is 34.2 Å². The van der Waals surface area contributed by atoms with Gasteiger partial charge in [0.2, 0.25) is 0 Å². The van der Waals surface area contributed by atoms with Crippen molar-refractivity contribution < 1.29 is 9.13 Å². The minimum absolute atomic E-state index is 0.214. The van der Waals surface area contributed by atoms with E-state index in [9.17, 15) is 4.39 Å². The third-order valence-electron chi connectivity index (χ3n) is 3.89. The van der Waals surface area contributed by atoms with Crippen molar-refractivity contribution in [2.24, 2.45) is 0 Å². The molecule has 0 N–H and O–H groups in total. The van der Waals surface area contributed by atoms with Crippen LogP contribution in [0.2, 0.25) is 5.15 Å². The van der Waals surface area contributed by atoms with Crippen LogP contribution in [0.4, 0.5) is 4.39 Å². The van der Waals surface area contributed by atoms with E-state index in [1.165, 1.54) is 13.2 Å². The molecule has 0 fully saturated rings. The Kier molecular flexibility index (Phi) is 4.52. The van der Waals surface area contributed by atoms with Gasteiger partial charge < -0.3 is 4.74 Å². The van der Waals surface area contributed by atoms with Crippen LogP contribution in [-0.2, 0) is 0 Å². The first-order valence-corrected chi connectivity index (χ1v) is 8.37. The number of rotatable bonds is 4. The average molecular weight is 382 g/mol. The maximum atomic E-state index is 14.3. The zero-order chi connectivity index (χ0) is 18.8. The highest BCUT2D eigenvalue weighted by atomic mass is 35.5. The second-order valence-electron chi connectivity index (χ2n) is 5.57. The molecular weight excluding hydrogens is 369 g/mol. The molecule has 1 aromatic carbocycles. The number of aromatic nitrogens is 5. The van der Waals surface area contributed by atoms with Gasteiger partial charge in [-0.15, -0.1) is 0 Å². The summed E-state index contributed by atoms with van der Waals surface area (Å²) >= 11 is 5.93. The Bertz CT molecular complexity index is 1110. The van der Waals surface area contributed by atoms with Gasteiger partial charge >= 0.3 is 0 Å². The van der Waals surface area contributed by atoms with E-state index in [2.05, 4.69) is 20.1 Å². The zero-order valence-electron chi connectivity index (χ0n) is 14.2. The van der Waals surface area contributed by atoms with Gasteiger partial charge in [0.05, 0.1) is 24.6 Å². The van der Waals surface area contributed by atoms with Gasteiger partial charge in [0.1, 0.15) is 16.7 Å². The van der Waals surface area contributed by atoms with Crippen LogP contribution in [-0.4, -0.2) is 31.8 Å². The quantitative estimate of drug-likeness (QED) is 0.496. The molecule has 27 heavy (non-hydrogen) atoms. The molecular formula is C19H13ClFN5O. The predicted octanol–water partition coefficient (Wildman–Crippen LogP) is 4.19. The van der Waals surface area contributed by atoms with E-state index >= 15 is 0 Å². The molecule has 0 spiro atoms. The predicted molar refractivity (Wildman–Crippen MR) is 99.3 cm³/mol. The van der Waals surface area contributed by atoms with E-state index in [0.29, 0.717) is 22.4 Å². The molecule has 0 bridgehead atoms. The number of hydrogen-bond acceptors (Lipinski definition) is 5. The maximum Gasteiger partial charge on any atom is 0.166 e. The lowest BCUT2D eigenvalue weighted by Crippen LogP contribution is -1.98. The van der Waals surface area contributed by atoms with Crippen LogP contribution in [0.1, 0.15) is 0 Å². The van der Waals surface area contributed by atoms with Crippen molar-refractivity contribution in [1.82, 2.24) is 24.7 Å². The number of hydrogen-bond donors (Lipinski definition) is 0. The number of benzene rings is 1. The lowest BCUT2D eigenvalue weighted by molar-refractivity contribution is 0.413. The molecule has 0 aliphatic carbocycles. The highest BCUT2D eigenvalue weighted by molar-refractivity contribution is 6.29. The number of ether oxygens (including phenoxy) is 1. The minimum Gasteiger partial charge on any atom is -0.496 e. The Morgan fingerprint density at radius 3 is 2.74 bits per heavy atom. The first-order valence-electron chi connectivity index (χ1n) is 7.99. The van der Waals surface area contributed by atoms with Crippen molar-refractivity contribution in [2.75, 3.05) is 7.11 Å². The molecule has 0 atom stereocenters. The lowest BCUT2D eigenvalue weighted by Gasteiger charge is -2.08. The molecule has 4 rings (SSSR count). The summed E-state index contributed by atoms with van der Waals surface area (Å²) in [5, 5.41) is 4.67. The van der Waals surface area contributed by atoms with Gasteiger partial charge in [0.15, 0.2) is 11.6 Å². The minimum atomic E-state index is -0.453. The van der Waals surface area contributed by atoms with Crippen LogP contribution < -0.4 is 4.74 Å². The summed E-state index contributed by atoms with van der Waals surface area (Å²) in [6.07, 6.45) is 4.98. The van der Waals surface area contributed by atoms with Crippen LogP contribution in [0.5, 0.6) is 5.75 Å². The molecule has 6 nitrogen and oxygen atoms in total. The molecule has 0 unspecified atom stereocenters. The molecule has 0 aliphatic rings. The summed E-state index contributed by atoms with van der Waals surface area (Å²) in [6, 6.07) is 11.6. The van der Waals surface area contributed by atoms with Crippen molar-refractivity contribution in [3.05, 3.63) is 72.0 Å². The molecule has 0 amide bonds. The fraction of sp³-hybridized carbons (Fsp3) is 0.0526. The Morgan fingerprint density at radius 1 is 1.07 bits per heavy atom. The SMILES string of the molecule is COc1cccc(F)c1-c1nccc(-c2cnn(-c3cccc(Cl)n3)c2)n1. The normalized spacial score (nSPS) is 10.8. The van der Waals surface area contributed by atoms with Gasteiger partial charge in [-0.05, 0) is 30.3 Å². The topological polar surface area (TPSA) is 65.7 Å². The molecule has 0 saturated carbocycles. The van der Waals surface area contributed by atoms with Crippen molar-refractivity contribution in [1.29, 1.82) is 0 Å². The molecule has 0 saturated heterocycles. The first-order chi connectivity index (χ1) is 13.2. The van der Waals surface area contributed by atoms with Crippen LogP contribution in [0, 0.1) is 5.82 Å². The Morgan fingerprint density at radius 2 is 1.93 bits per heavy atom. The van der Waals surface area contributed by atoms with E-state index in [1.54, 1.807) is 59.7 Å². The summed E-state index contributed by atoms with van der Waals surface area (Å²) < 4.78 is 21.2. The second-order valence-corrected chi connectivity index (χ2v) is 5.96. The number of methoxy groups -OCH3 is 1. The largest absolute Gasteiger partial charge is 0.496 e. The highest BCUT2D eigenvalue weighted by Gasteiger charge is 2.15. The number of nitrogens with zero attached hydrogens (tertiary/aromatic N) is 5. The van der Waals surface area contributed by atoms with E-state index in [1.807, 2.05) is 0 Å². The van der Waals surface area contributed by atoms with Crippen molar-refractivity contribution in [2.45, 2.75) is 0 Å². The highest BCUT2D eigenvalue weighted by Crippen LogP contribution is 2.31. The summed E-state index contributed by atoms with van der Waals surface area (Å²) in [6.45, 7) is 0. The number of pyridine rings is 1. The molecule has 0 radical (unpaired) electrons. The van der Waals surface area contributed by atoms with E-state index in [4.69, 9.17) is 16.3 Å². The van der Waals surface area contributed by atoms with Gasteiger partial charge in [-0.2, -0.15) is 5.10 Å². The van der Waals surface area contributed by atoms with Gasteiger partial charge in [-0.25, -0.2) is 24.0 Å². The average Bonchev–Trinajstić information content (AvgIpc) is 3.18. The summed E-state index contributed by atoms with van der Waals surface area (Å²) in [5.74, 6) is 0.728. The Balaban J connectivity index is 1.74. The Labute approximate surface area is 159 Å². The second kappa shape index (κ2) is 7.13. The zero-order valence-corrected chi connectivity index (χ0v) is 14.9. The monoisotopic (exact) mass is 381 g/mol. The van der Waals surface area contributed by atoms with E-state index < -0.39 is 5.82 Å². The van der Waals surface area contributed by atoms with Crippen LogP contribution in [0.15, 0.2) is 61.1 Å². The van der Waals surface area contributed by atoms with Crippen LogP contribution in [0.3, 0.4) is 0 Å². The molecule has 3 heterocycles. The molecule has 8 heteroatoms. The summed E-state index contributed by atoms with van der Waals surface area (Å²) in [7, 11) is 1.48. The number of halogens is 2. The van der Waals surface area contributed by atoms with E-state index in [-0.39, 0.29) is 11.4 Å². The van der Waals surface area contributed by atoms with Crippen molar-refractivity contribution >= 4 is 11.6 Å². The van der Waals surface area contributed by atoms with Gasteiger partial charge in [-0.1, -0.05) is 23.7 Å². The molecule has 4 aromatic rings. The van der Waals surface area contributed by atoms with Gasteiger partial charge in [0.25, 0.3) is 0 Å². The van der Waals surface area contributed by atoms with Crippen molar-refractivity contribution in [3.63, 3.8) is 0 Å². The maximum absolute atomic E-state index is 14.3.